The van der Waals surface area contributed by atoms with Crippen LogP contribution in [-0.2, 0) is 16.1 Å². The molecule has 1 aromatic rings. The van der Waals surface area contributed by atoms with Crippen molar-refractivity contribution in [3.05, 3.63) is 39.9 Å². The second-order valence-electron chi connectivity index (χ2n) is 8.33. The number of non-ortho nitro benzene ring substituents is 1. The third kappa shape index (κ3) is 8.06. The summed E-state index contributed by atoms with van der Waals surface area (Å²) in [5.41, 5.74) is 0.600. The summed E-state index contributed by atoms with van der Waals surface area (Å²) < 4.78 is 5.42. The van der Waals surface area contributed by atoms with Crippen LogP contribution in [0.3, 0.4) is 0 Å². The maximum Gasteiger partial charge on any atom is 0.269 e. The zero-order chi connectivity index (χ0) is 21.4. The second-order valence-corrected chi connectivity index (χ2v) is 8.33. The number of rotatable bonds is 7. The molecule has 0 spiro atoms. The highest BCUT2D eigenvalue weighted by molar-refractivity contribution is 5.86. The third-order valence-corrected chi connectivity index (χ3v) is 4.39. The van der Waals surface area contributed by atoms with Crippen LogP contribution in [0.1, 0.15) is 32.8 Å². The second kappa shape index (κ2) is 10.2. The normalized spacial score (nSPS) is 17.1. The molecule has 1 fully saturated rings. The number of guanidine groups is 1. The van der Waals surface area contributed by atoms with Crippen LogP contribution in [0.5, 0.6) is 0 Å². The summed E-state index contributed by atoms with van der Waals surface area (Å²) >= 11 is 0. The Morgan fingerprint density at radius 2 is 2.03 bits per heavy atom. The van der Waals surface area contributed by atoms with Crippen LogP contribution in [-0.4, -0.2) is 60.6 Å². The molecule has 9 nitrogen and oxygen atoms in total. The fourth-order valence-electron chi connectivity index (χ4n) is 2.93. The third-order valence-electron chi connectivity index (χ3n) is 4.39. The van der Waals surface area contributed by atoms with Crippen molar-refractivity contribution < 1.29 is 14.5 Å². The lowest BCUT2D eigenvalue weighted by molar-refractivity contribution is -0.384. The smallest absolute Gasteiger partial charge is 0.269 e. The fraction of sp³-hybridized carbons (Fsp3) is 0.600. The van der Waals surface area contributed by atoms with Crippen LogP contribution < -0.4 is 10.6 Å². The standard InChI is InChI=1S/C20H31N5O4/c1-20(2,3)23-18(26)13-24(4)19(22-12-16-9-10-29-14-16)21-11-15-5-7-17(8-6-15)25(27)28/h5-8,16H,9-14H2,1-4H3,(H,21,22)(H,23,26). The molecule has 0 bridgehead atoms. The van der Waals surface area contributed by atoms with Gasteiger partial charge in [0.2, 0.25) is 5.91 Å². The Morgan fingerprint density at radius 3 is 2.59 bits per heavy atom. The fourth-order valence-corrected chi connectivity index (χ4v) is 2.93. The summed E-state index contributed by atoms with van der Waals surface area (Å²) in [5, 5.41) is 17.1. The van der Waals surface area contributed by atoms with E-state index in [1.54, 1.807) is 17.0 Å². The van der Waals surface area contributed by atoms with Gasteiger partial charge >= 0.3 is 0 Å². The van der Waals surface area contributed by atoms with Gasteiger partial charge < -0.3 is 20.3 Å². The Labute approximate surface area is 171 Å². The van der Waals surface area contributed by atoms with Crippen molar-refractivity contribution >= 4 is 17.6 Å². The first-order valence-corrected chi connectivity index (χ1v) is 9.75. The predicted octanol–water partition coefficient (Wildman–Crippen LogP) is 1.92. The monoisotopic (exact) mass is 405 g/mol. The quantitative estimate of drug-likeness (QED) is 0.310. The van der Waals surface area contributed by atoms with E-state index in [4.69, 9.17) is 4.74 Å². The molecule has 0 radical (unpaired) electrons. The van der Waals surface area contributed by atoms with Gasteiger partial charge in [0, 0.05) is 43.8 Å². The molecule has 1 aromatic carbocycles. The number of carbonyl (C=O) groups excluding carboxylic acids is 1. The summed E-state index contributed by atoms with van der Waals surface area (Å²) in [6, 6.07) is 6.31. The highest BCUT2D eigenvalue weighted by Gasteiger charge is 2.19. The van der Waals surface area contributed by atoms with Gasteiger partial charge in [-0.3, -0.25) is 14.9 Å². The van der Waals surface area contributed by atoms with E-state index in [1.807, 2.05) is 27.8 Å². The Kier molecular flexibility index (Phi) is 7.95. The Morgan fingerprint density at radius 1 is 1.34 bits per heavy atom. The topological polar surface area (TPSA) is 109 Å². The minimum absolute atomic E-state index is 0.0493. The molecular weight excluding hydrogens is 374 g/mol. The maximum absolute atomic E-state index is 12.3. The molecule has 0 aliphatic carbocycles. The van der Waals surface area contributed by atoms with Crippen molar-refractivity contribution in [1.29, 1.82) is 0 Å². The summed E-state index contributed by atoms with van der Waals surface area (Å²) in [6.45, 7) is 8.54. The first kappa shape index (κ1) is 22.6. The van der Waals surface area contributed by atoms with E-state index < -0.39 is 4.92 Å². The molecule has 1 aliphatic rings. The first-order chi connectivity index (χ1) is 13.6. The summed E-state index contributed by atoms with van der Waals surface area (Å²) in [7, 11) is 1.81. The van der Waals surface area contributed by atoms with Crippen LogP contribution in [0.4, 0.5) is 5.69 Å². The number of ether oxygens (including phenoxy) is 1. The molecule has 1 saturated heterocycles. The molecule has 1 unspecified atom stereocenters. The molecule has 1 amide bonds. The van der Waals surface area contributed by atoms with Gasteiger partial charge in [0.1, 0.15) is 0 Å². The number of hydrogen-bond donors (Lipinski definition) is 2. The number of nitrogens with one attached hydrogen (secondary N) is 2. The Hall–Kier alpha value is -2.68. The lowest BCUT2D eigenvalue weighted by Crippen LogP contribution is -2.49. The first-order valence-electron chi connectivity index (χ1n) is 9.75. The highest BCUT2D eigenvalue weighted by Crippen LogP contribution is 2.13. The average Bonchev–Trinajstić information content (AvgIpc) is 3.13. The number of nitro benzene ring substituents is 1. The number of aliphatic imine (C=N–C) groups is 1. The largest absolute Gasteiger partial charge is 0.381 e. The van der Waals surface area contributed by atoms with Gasteiger partial charge in [0.25, 0.3) is 5.69 Å². The van der Waals surface area contributed by atoms with E-state index in [9.17, 15) is 14.9 Å². The number of nitro groups is 1. The molecule has 0 aromatic heterocycles. The van der Waals surface area contributed by atoms with Crippen LogP contribution in [0.2, 0.25) is 0 Å². The van der Waals surface area contributed by atoms with E-state index >= 15 is 0 Å². The van der Waals surface area contributed by atoms with Gasteiger partial charge in [-0.05, 0) is 32.8 Å². The van der Waals surface area contributed by atoms with Crippen molar-refractivity contribution in [2.75, 3.05) is 33.4 Å². The van der Waals surface area contributed by atoms with Gasteiger partial charge in [-0.2, -0.15) is 0 Å². The number of benzene rings is 1. The number of carbonyl (C=O) groups is 1. The highest BCUT2D eigenvalue weighted by atomic mass is 16.6. The minimum atomic E-state index is -0.425. The van der Waals surface area contributed by atoms with E-state index in [0.29, 0.717) is 25.0 Å². The molecule has 0 saturated carbocycles. The van der Waals surface area contributed by atoms with Crippen LogP contribution in [0.25, 0.3) is 0 Å². The van der Waals surface area contributed by atoms with Gasteiger partial charge in [0.15, 0.2) is 5.96 Å². The maximum atomic E-state index is 12.3. The number of nitrogens with zero attached hydrogens (tertiary/aromatic N) is 3. The van der Waals surface area contributed by atoms with Crippen LogP contribution in [0, 0.1) is 16.0 Å². The molecule has 9 heteroatoms. The molecule has 29 heavy (non-hydrogen) atoms. The summed E-state index contributed by atoms with van der Waals surface area (Å²) in [5.74, 6) is 0.935. The van der Waals surface area contributed by atoms with Gasteiger partial charge in [0.05, 0.1) is 24.6 Å². The zero-order valence-corrected chi connectivity index (χ0v) is 17.6. The van der Waals surface area contributed by atoms with Crippen molar-refractivity contribution in [1.82, 2.24) is 15.5 Å². The molecule has 2 rings (SSSR count). The van der Waals surface area contributed by atoms with Crippen molar-refractivity contribution in [3.8, 4) is 0 Å². The Bertz CT molecular complexity index is 721. The van der Waals surface area contributed by atoms with Gasteiger partial charge in [-0.15, -0.1) is 0 Å². The molecule has 2 N–H and O–H groups in total. The molecule has 1 atom stereocenters. The summed E-state index contributed by atoms with van der Waals surface area (Å²) in [6.07, 6.45) is 0.997. The number of amides is 1. The van der Waals surface area contributed by atoms with Gasteiger partial charge in [-0.25, -0.2) is 4.99 Å². The van der Waals surface area contributed by atoms with E-state index in [-0.39, 0.29) is 23.7 Å². The minimum Gasteiger partial charge on any atom is -0.381 e. The molecule has 160 valence electrons. The molecule has 1 heterocycles. The number of hydrogen-bond acceptors (Lipinski definition) is 5. The van der Waals surface area contributed by atoms with E-state index in [0.717, 1.165) is 25.2 Å². The predicted molar refractivity (Wildman–Crippen MR) is 112 cm³/mol. The van der Waals surface area contributed by atoms with Crippen molar-refractivity contribution in [2.45, 2.75) is 39.3 Å². The Balaban J connectivity index is 2.04. The molecular formula is C20H31N5O4. The zero-order valence-electron chi connectivity index (χ0n) is 17.6. The van der Waals surface area contributed by atoms with Gasteiger partial charge in [-0.1, -0.05) is 12.1 Å². The summed E-state index contributed by atoms with van der Waals surface area (Å²) in [4.78, 5) is 29.1. The lowest BCUT2D eigenvalue weighted by Gasteiger charge is -2.26. The van der Waals surface area contributed by atoms with E-state index in [2.05, 4.69) is 15.6 Å². The lowest BCUT2D eigenvalue weighted by atomic mass is 10.1. The SMILES string of the molecule is CN(CC(=O)NC(C)(C)C)C(=NCc1ccc([N+](=O)[O-])cc1)NCC1CCOC1. The van der Waals surface area contributed by atoms with Crippen LogP contribution >= 0.6 is 0 Å². The average molecular weight is 405 g/mol. The van der Waals surface area contributed by atoms with E-state index in [1.165, 1.54) is 12.1 Å². The van der Waals surface area contributed by atoms with Crippen molar-refractivity contribution in [3.63, 3.8) is 0 Å². The van der Waals surface area contributed by atoms with Crippen molar-refractivity contribution in [2.24, 2.45) is 10.9 Å². The number of likely N-dealkylation sites (N-methyl/N-ethyl adjacent to an activating group) is 1. The van der Waals surface area contributed by atoms with Crippen LogP contribution in [0.15, 0.2) is 29.3 Å². The molecule has 1 aliphatic heterocycles.